The van der Waals surface area contributed by atoms with Crippen molar-refractivity contribution in [3.05, 3.63) is 48.5 Å². The van der Waals surface area contributed by atoms with Gasteiger partial charge in [0.1, 0.15) is 0 Å². The lowest BCUT2D eigenvalue weighted by Crippen LogP contribution is -2.27. The monoisotopic (exact) mass is 487 g/mol. The number of fused-ring (bicyclic) bond motifs is 3. The molecule has 1 aliphatic heterocycles. The van der Waals surface area contributed by atoms with Crippen molar-refractivity contribution in [2.75, 3.05) is 18.4 Å². The van der Waals surface area contributed by atoms with Gasteiger partial charge in [-0.25, -0.2) is 8.42 Å². The topological polar surface area (TPSA) is 96.7 Å². The van der Waals surface area contributed by atoms with Crippen LogP contribution in [0.4, 0.5) is 5.69 Å². The van der Waals surface area contributed by atoms with Crippen LogP contribution in [0.3, 0.4) is 0 Å². The Balaban J connectivity index is 1.28. The maximum atomic E-state index is 12.8. The van der Waals surface area contributed by atoms with Gasteiger partial charge < -0.3 is 5.32 Å². The molecule has 1 N–H and O–H groups in total. The Bertz CT molecular complexity index is 1390. The SMILES string of the molecule is CC(Sc1nnc2sc3ccccc3n12)C(=O)Nc1ccc(S(=O)(=O)N2CCCC2)cc1. The number of benzene rings is 2. The second-order valence-corrected chi connectivity index (χ2v) is 11.8. The highest BCUT2D eigenvalue weighted by atomic mass is 32.2. The molecule has 8 nitrogen and oxygen atoms in total. The van der Waals surface area contributed by atoms with Crippen molar-refractivity contribution in [3.63, 3.8) is 0 Å². The lowest BCUT2D eigenvalue weighted by Gasteiger charge is -2.16. The summed E-state index contributed by atoms with van der Waals surface area (Å²) in [7, 11) is -3.47. The maximum absolute atomic E-state index is 12.8. The molecule has 0 saturated carbocycles. The molecule has 5 rings (SSSR count). The summed E-state index contributed by atoms with van der Waals surface area (Å²) in [6.45, 7) is 2.93. The summed E-state index contributed by atoms with van der Waals surface area (Å²) < 4.78 is 29.9. The van der Waals surface area contributed by atoms with Crippen LogP contribution in [0.2, 0.25) is 0 Å². The predicted octanol–water partition coefficient (Wildman–Crippen LogP) is 3.85. The lowest BCUT2D eigenvalue weighted by molar-refractivity contribution is -0.115. The molecular formula is C21H21N5O3S3. The normalized spacial score (nSPS) is 16.0. The third-order valence-corrected chi connectivity index (χ3v) is 9.35. The molecule has 1 fully saturated rings. The van der Waals surface area contributed by atoms with Gasteiger partial charge >= 0.3 is 0 Å². The highest BCUT2D eigenvalue weighted by molar-refractivity contribution is 8.00. The van der Waals surface area contributed by atoms with Gasteiger partial charge in [0.25, 0.3) is 0 Å². The number of hydrogen-bond donors (Lipinski definition) is 1. The van der Waals surface area contributed by atoms with Crippen LogP contribution in [-0.2, 0) is 14.8 Å². The highest BCUT2D eigenvalue weighted by Crippen LogP contribution is 2.31. The Morgan fingerprint density at radius 1 is 1.09 bits per heavy atom. The molecular weight excluding hydrogens is 466 g/mol. The van der Waals surface area contributed by atoms with Crippen molar-refractivity contribution in [1.29, 1.82) is 0 Å². The Morgan fingerprint density at radius 3 is 2.56 bits per heavy atom. The van der Waals surface area contributed by atoms with E-state index in [1.165, 1.54) is 16.1 Å². The summed E-state index contributed by atoms with van der Waals surface area (Å²) in [5.74, 6) is -0.193. The van der Waals surface area contributed by atoms with Crippen molar-refractivity contribution in [3.8, 4) is 0 Å². The zero-order valence-corrected chi connectivity index (χ0v) is 19.7. The molecule has 1 unspecified atom stereocenters. The minimum atomic E-state index is -3.47. The number of sulfonamides is 1. The molecule has 2 aromatic heterocycles. The number of aromatic nitrogens is 3. The number of para-hydroxylation sites is 1. The van der Waals surface area contributed by atoms with E-state index in [9.17, 15) is 13.2 Å². The summed E-state index contributed by atoms with van der Waals surface area (Å²) in [6.07, 6.45) is 1.78. The van der Waals surface area contributed by atoms with Gasteiger partial charge in [0.2, 0.25) is 20.9 Å². The van der Waals surface area contributed by atoms with Crippen molar-refractivity contribution < 1.29 is 13.2 Å². The molecule has 11 heteroatoms. The third-order valence-electron chi connectivity index (χ3n) is 5.39. The second kappa shape index (κ2) is 8.47. The molecule has 32 heavy (non-hydrogen) atoms. The van der Waals surface area contributed by atoms with E-state index in [2.05, 4.69) is 15.5 Å². The van der Waals surface area contributed by atoms with E-state index in [-0.39, 0.29) is 10.8 Å². The number of carbonyl (C=O) groups is 1. The summed E-state index contributed by atoms with van der Waals surface area (Å²) in [5, 5.41) is 11.6. The van der Waals surface area contributed by atoms with E-state index in [1.54, 1.807) is 35.6 Å². The Kier molecular flexibility index (Phi) is 5.66. The molecule has 2 aromatic carbocycles. The van der Waals surface area contributed by atoms with Gasteiger partial charge in [-0.3, -0.25) is 9.20 Å². The van der Waals surface area contributed by atoms with Gasteiger partial charge in [0.15, 0.2) is 5.16 Å². The number of nitrogens with zero attached hydrogens (tertiary/aromatic N) is 4. The Morgan fingerprint density at radius 2 is 1.81 bits per heavy atom. The average molecular weight is 488 g/mol. The number of carbonyl (C=O) groups excluding carboxylic acids is 1. The number of hydrogen-bond acceptors (Lipinski definition) is 7. The number of nitrogens with one attached hydrogen (secondary N) is 1. The fraction of sp³-hybridized carbons (Fsp3) is 0.286. The predicted molar refractivity (Wildman–Crippen MR) is 127 cm³/mol. The van der Waals surface area contributed by atoms with Crippen LogP contribution in [0, 0.1) is 0 Å². The fourth-order valence-corrected chi connectivity index (χ4v) is 7.08. The van der Waals surface area contributed by atoms with Gasteiger partial charge in [0.05, 0.1) is 20.4 Å². The number of thioether (sulfide) groups is 1. The summed E-state index contributed by atoms with van der Waals surface area (Å²) in [4.78, 5) is 13.8. The molecule has 3 heterocycles. The van der Waals surface area contributed by atoms with Gasteiger partial charge in [0, 0.05) is 18.8 Å². The molecule has 166 valence electrons. The number of amides is 1. The molecule has 4 aromatic rings. The molecule has 0 spiro atoms. The number of rotatable bonds is 6. The van der Waals surface area contributed by atoms with Gasteiger partial charge in [-0.1, -0.05) is 35.2 Å². The van der Waals surface area contributed by atoms with Gasteiger partial charge in [-0.15, -0.1) is 10.2 Å². The molecule has 0 radical (unpaired) electrons. The first kappa shape index (κ1) is 21.4. The smallest absolute Gasteiger partial charge is 0.243 e. The zero-order valence-electron chi connectivity index (χ0n) is 17.3. The minimum absolute atomic E-state index is 0.193. The zero-order chi connectivity index (χ0) is 22.3. The molecule has 0 aliphatic carbocycles. The van der Waals surface area contributed by atoms with Crippen LogP contribution >= 0.6 is 23.1 Å². The van der Waals surface area contributed by atoms with Gasteiger partial charge in [-0.2, -0.15) is 4.31 Å². The largest absolute Gasteiger partial charge is 0.325 e. The molecule has 0 bridgehead atoms. The van der Waals surface area contributed by atoms with E-state index in [0.717, 1.165) is 28.0 Å². The van der Waals surface area contributed by atoms with Crippen molar-refractivity contribution in [1.82, 2.24) is 18.9 Å². The van der Waals surface area contributed by atoms with E-state index in [4.69, 9.17) is 0 Å². The summed E-state index contributed by atoms with van der Waals surface area (Å²) in [6, 6.07) is 14.3. The quantitative estimate of drug-likeness (QED) is 0.415. The maximum Gasteiger partial charge on any atom is 0.243 e. The molecule has 1 aliphatic rings. The van der Waals surface area contributed by atoms with E-state index in [0.29, 0.717) is 23.9 Å². The van der Waals surface area contributed by atoms with E-state index < -0.39 is 15.3 Å². The Hall–Kier alpha value is -2.47. The van der Waals surface area contributed by atoms with Gasteiger partial charge in [-0.05, 0) is 56.2 Å². The first-order valence-electron chi connectivity index (χ1n) is 10.2. The first-order valence-corrected chi connectivity index (χ1v) is 13.4. The fourth-order valence-electron chi connectivity index (χ4n) is 3.68. The Labute approximate surface area is 193 Å². The summed E-state index contributed by atoms with van der Waals surface area (Å²) in [5.41, 5.74) is 1.57. The van der Waals surface area contributed by atoms with Crippen LogP contribution in [0.1, 0.15) is 19.8 Å². The minimum Gasteiger partial charge on any atom is -0.325 e. The van der Waals surface area contributed by atoms with Crippen molar-refractivity contribution in [2.24, 2.45) is 0 Å². The van der Waals surface area contributed by atoms with Crippen LogP contribution in [0.15, 0.2) is 58.6 Å². The number of anilines is 1. The highest BCUT2D eigenvalue weighted by Gasteiger charge is 2.27. The number of thiazole rings is 1. The third kappa shape index (κ3) is 3.90. The molecule has 1 atom stereocenters. The lowest BCUT2D eigenvalue weighted by atomic mass is 10.3. The van der Waals surface area contributed by atoms with Crippen molar-refractivity contribution >= 4 is 59.9 Å². The summed E-state index contributed by atoms with van der Waals surface area (Å²) >= 11 is 2.89. The van der Waals surface area contributed by atoms with Crippen LogP contribution in [0.5, 0.6) is 0 Å². The van der Waals surface area contributed by atoms with E-state index in [1.807, 2.05) is 35.6 Å². The van der Waals surface area contributed by atoms with Crippen molar-refractivity contribution in [2.45, 2.75) is 35.1 Å². The molecule has 1 saturated heterocycles. The van der Waals surface area contributed by atoms with Crippen LogP contribution < -0.4 is 5.32 Å². The molecule has 1 amide bonds. The first-order chi connectivity index (χ1) is 15.4. The standard InChI is InChI=1S/C21H21N5O3S3/c1-14(30-20-23-24-21-26(20)17-6-2-3-7-18(17)31-21)19(27)22-15-8-10-16(11-9-15)32(28,29)25-12-4-5-13-25/h2-3,6-11,14H,4-5,12-13H2,1H3,(H,22,27). The van der Waals surface area contributed by atoms with Crippen LogP contribution in [-0.4, -0.2) is 51.6 Å². The average Bonchev–Trinajstić information content (AvgIpc) is 3.52. The second-order valence-electron chi connectivity index (χ2n) is 7.56. The van der Waals surface area contributed by atoms with E-state index >= 15 is 0 Å². The van der Waals surface area contributed by atoms with Crippen LogP contribution in [0.25, 0.3) is 15.2 Å².